The first-order chi connectivity index (χ1) is 12.5. The fraction of sp³-hybridized carbons (Fsp3) is 0.474. The van der Waals surface area contributed by atoms with Crippen LogP contribution in [-0.2, 0) is 11.3 Å². The van der Waals surface area contributed by atoms with Crippen molar-refractivity contribution >= 4 is 5.91 Å². The van der Waals surface area contributed by atoms with Gasteiger partial charge in [-0.15, -0.1) is 0 Å². The third-order valence-electron chi connectivity index (χ3n) is 4.64. The van der Waals surface area contributed by atoms with Crippen LogP contribution in [0.4, 0.5) is 4.39 Å². The Bertz CT molecular complexity index is 754. The number of aryl methyl sites for hydroxylation is 2. The van der Waals surface area contributed by atoms with E-state index in [9.17, 15) is 9.18 Å². The zero-order valence-electron chi connectivity index (χ0n) is 15.3. The molecule has 1 aliphatic heterocycles. The van der Waals surface area contributed by atoms with Gasteiger partial charge in [-0.2, -0.15) is 5.10 Å². The Morgan fingerprint density at radius 1 is 1.15 bits per heavy atom. The molecule has 1 aromatic heterocycles. The number of para-hydroxylation sites is 1. The Labute approximate surface area is 153 Å². The van der Waals surface area contributed by atoms with Gasteiger partial charge in [0.2, 0.25) is 0 Å². The largest absolute Gasteiger partial charge is 0.481 e. The molecule has 6 nitrogen and oxygen atoms in total. The van der Waals surface area contributed by atoms with Gasteiger partial charge in [0.25, 0.3) is 5.91 Å². The highest BCUT2D eigenvalue weighted by Gasteiger charge is 2.21. The van der Waals surface area contributed by atoms with Gasteiger partial charge in [0, 0.05) is 38.4 Å². The van der Waals surface area contributed by atoms with Crippen molar-refractivity contribution in [1.82, 2.24) is 19.6 Å². The Kier molecular flexibility index (Phi) is 5.88. The minimum atomic E-state index is -0.450. The molecule has 1 fully saturated rings. The van der Waals surface area contributed by atoms with Crippen LogP contribution in [0.15, 0.2) is 30.3 Å². The number of hydrogen-bond donors (Lipinski definition) is 0. The lowest BCUT2D eigenvalue weighted by Gasteiger charge is -2.34. The lowest BCUT2D eigenvalue weighted by atomic mass is 10.3. The van der Waals surface area contributed by atoms with E-state index in [1.807, 2.05) is 11.6 Å². The number of rotatable bonds is 6. The molecule has 0 bridgehead atoms. The highest BCUT2D eigenvalue weighted by Crippen LogP contribution is 2.15. The van der Waals surface area contributed by atoms with Crippen molar-refractivity contribution in [2.75, 3.05) is 39.3 Å². The van der Waals surface area contributed by atoms with E-state index in [0.717, 1.165) is 31.9 Å². The molecule has 7 heteroatoms. The fourth-order valence-electron chi connectivity index (χ4n) is 3.15. The summed E-state index contributed by atoms with van der Waals surface area (Å²) in [5.41, 5.74) is 2.20. The molecule has 1 amide bonds. The number of amides is 1. The van der Waals surface area contributed by atoms with Crippen LogP contribution < -0.4 is 4.74 Å². The van der Waals surface area contributed by atoms with Gasteiger partial charge < -0.3 is 9.64 Å². The van der Waals surface area contributed by atoms with E-state index in [1.165, 1.54) is 17.8 Å². The molecule has 0 N–H and O–H groups in total. The summed E-state index contributed by atoms with van der Waals surface area (Å²) in [6.45, 7) is 8.67. The Morgan fingerprint density at radius 2 is 1.88 bits per heavy atom. The van der Waals surface area contributed by atoms with E-state index in [-0.39, 0.29) is 18.3 Å². The van der Waals surface area contributed by atoms with Gasteiger partial charge in [0.1, 0.15) is 0 Å². The molecule has 1 aliphatic rings. The van der Waals surface area contributed by atoms with E-state index >= 15 is 0 Å². The SMILES string of the molecule is Cc1cc(C)n(CCN2CCN(C(=O)COc3ccccc3F)CC2)n1. The number of piperazine rings is 1. The van der Waals surface area contributed by atoms with Gasteiger partial charge in [-0.05, 0) is 32.0 Å². The molecule has 0 radical (unpaired) electrons. The Balaban J connectivity index is 1.41. The van der Waals surface area contributed by atoms with Crippen molar-refractivity contribution in [3.05, 3.63) is 47.5 Å². The van der Waals surface area contributed by atoms with Crippen molar-refractivity contribution in [3.8, 4) is 5.75 Å². The summed E-state index contributed by atoms with van der Waals surface area (Å²) in [4.78, 5) is 16.4. The topological polar surface area (TPSA) is 50.6 Å². The summed E-state index contributed by atoms with van der Waals surface area (Å²) in [6.07, 6.45) is 0. The van der Waals surface area contributed by atoms with E-state index < -0.39 is 5.82 Å². The third kappa shape index (κ3) is 4.60. The van der Waals surface area contributed by atoms with Crippen LogP contribution in [0.1, 0.15) is 11.4 Å². The van der Waals surface area contributed by atoms with E-state index in [2.05, 4.69) is 23.0 Å². The van der Waals surface area contributed by atoms with Gasteiger partial charge in [0.05, 0.1) is 12.2 Å². The zero-order chi connectivity index (χ0) is 18.5. The van der Waals surface area contributed by atoms with Gasteiger partial charge in [0.15, 0.2) is 18.2 Å². The van der Waals surface area contributed by atoms with Crippen LogP contribution in [-0.4, -0.2) is 64.8 Å². The Hall–Kier alpha value is -2.41. The number of benzene rings is 1. The van der Waals surface area contributed by atoms with Gasteiger partial charge in [-0.25, -0.2) is 4.39 Å². The molecule has 0 aliphatic carbocycles. The highest BCUT2D eigenvalue weighted by molar-refractivity contribution is 5.77. The van der Waals surface area contributed by atoms with Gasteiger partial charge in [-0.3, -0.25) is 14.4 Å². The number of aromatic nitrogens is 2. The van der Waals surface area contributed by atoms with E-state index in [1.54, 1.807) is 17.0 Å². The predicted octanol–water partition coefficient (Wildman–Crippen LogP) is 1.86. The molecule has 0 spiro atoms. The summed E-state index contributed by atoms with van der Waals surface area (Å²) in [5.74, 6) is -0.440. The second-order valence-electron chi connectivity index (χ2n) is 6.59. The van der Waals surface area contributed by atoms with Crippen LogP contribution in [0.2, 0.25) is 0 Å². The lowest BCUT2D eigenvalue weighted by Crippen LogP contribution is -2.50. The lowest BCUT2D eigenvalue weighted by molar-refractivity contribution is -0.135. The first-order valence-corrected chi connectivity index (χ1v) is 8.91. The number of ether oxygens (including phenoxy) is 1. The molecule has 140 valence electrons. The van der Waals surface area contributed by atoms with Crippen LogP contribution in [0.25, 0.3) is 0 Å². The quantitative estimate of drug-likeness (QED) is 0.789. The van der Waals surface area contributed by atoms with Crippen molar-refractivity contribution in [1.29, 1.82) is 0 Å². The average molecular weight is 360 g/mol. The minimum absolute atomic E-state index is 0.105. The molecular weight excluding hydrogens is 335 g/mol. The molecule has 0 unspecified atom stereocenters. The minimum Gasteiger partial charge on any atom is -0.481 e. The number of halogens is 1. The van der Waals surface area contributed by atoms with E-state index in [0.29, 0.717) is 13.1 Å². The number of nitrogens with zero attached hydrogens (tertiary/aromatic N) is 4. The Morgan fingerprint density at radius 3 is 2.54 bits per heavy atom. The molecular formula is C19H25FN4O2. The van der Waals surface area contributed by atoms with Crippen molar-refractivity contribution < 1.29 is 13.9 Å². The second kappa shape index (κ2) is 8.31. The van der Waals surface area contributed by atoms with E-state index in [4.69, 9.17) is 4.74 Å². The molecule has 26 heavy (non-hydrogen) atoms. The predicted molar refractivity (Wildman–Crippen MR) is 96.6 cm³/mol. The standard InChI is InChI=1S/C19H25FN4O2/c1-15-13-16(2)24(21-15)12-9-22-7-10-23(11-8-22)19(25)14-26-18-6-4-3-5-17(18)20/h3-6,13H,7-12,14H2,1-2H3. The van der Waals surface area contributed by atoms with Crippen molar-refractivity contribution in [2.24, 2.45) is 0 Å². The monoisotopic (exact) mass is 360 g/mol. The van der Waals surface area contributed by atoms with Crippen LogP contribution >= 0.6 is 0 Å². The van der Waals surface area contributed by atoms with Crippen molar-refractivity contribution in [3.63, 3.8) is 0 Å². The smallest absolute Gasteiger partial charge is 0.260 e. The maximum absolute atomic E-state index is 13.5. The molecule has 0 saturated carbocycles. The molecule has 2 aromatic rings. The summed E-state index contributed by atoms with van der Waals surface area (Å²) in [6, 6.07) is 8.20. The van der Waals surface area contributed by atoms with Gasteiger partial charge in [-0.1, -0.05) is 12.1 Å². The zero-order valence-corrected chi connectivity index (χ0v) is 15.3. The van der Waals surface area contributed by atoms with Crippen LogP contribution in [0, 0.1) is 19.7 Å². The highest BCUT2D eigenvalue weighted by atomic mass is 19.1. The average Bonchev–Trinajstić information content (AvgIpc) is 2.97. The summed E-state index contributed by atoms with van der Waals surface area (Å²) in [7, 11) is 0. The summed E-state index contributed by atoms with van der Waals surface area (Å²) in [5, 5.41) is 4.48. The first kappa shape index (κ1) is 18.4. The maximum Gasteiger partial charge on any atom is 0.260 e. The summed E-state index contributed by atoms with van der Waals surface area (Å²) < 4.78 is 20.9. The molecule has 0 atom stereocenters. The molecule has 2 heterocycles. The molecule has 1 saturated heterocycles. The molecule has 1 aromatic carbocycles. The number of hydrogen-bond acceptors (Lipinski definition) is 4. The van der Waals surface area contributed by atoms with Crippen molar-refractivity contribution in [2.45, 2.75) is 20.4 Å². The van der Waals surface area contributed by atoms with Gasteiger partial charge >= 0.3 is 0 Å². The summed E-state index contributed by atoms with van der Waals surface area (Å²) >= 11 is 0. The second-order valence-corrected chi connectivity index (χ2v) is 6.59. The number of carbonyl (C=O) groups is 1. The fourth-order valence-corrected chi connectivity index (χ4v) is 3.15. The number of carbonyl (C=O) groups excluding carboxylic acids is 1. The first-order valence-electron chi connectivity index (χ1n) is 8.91. The third-order valence-corrected chi connectivity index (χ3v) is 4.64. The van der Waals surface area contributed by atoms with Crippen LogP contribution in [0.3, 0.4) is 0 Å². The van der Waals surface area contributed by atoms with Crippen LogP contribution in [0.5, 0.6) is 5.75 Å². The normalized spacial score (nSPS) is 15.3. The maximum atomic E-state index is 13.5. The molecule has 3 rings (SSSR count).